The van der Waals surface area contributed by atoms with E-state index in [-0.39, 0.29) is 90.9 Å². The highest BCUT2D eigenvalue weighted by Gasteiger charge is 2.67. The van der Waals surface area contributed by atoms with Crippen molar-refractivity contribution in [3.63, 3.8) is 0 Å². The number of Topliss-reactive ketones (excluding diaryl/α,β-unsaturated/α-hetero) is 2. The Labute approximate surface area is 373 Å². The molecule has 0 aliphatic heterocycles. The lowest BCUT2D eigenvalue weighted by molar-refractivity contribution is -0.275. The van der Waals surface area contributed by atoms with Gasteiger partial charge in [-0.2, -0.15) is 0 Å². The number of carbonyl (C=O) groups excluding carboxylic acids is 2. The normalized spacial score (nSPS) is 21.0. The predicted molar refractivity (Wildman–Crippen MR) is 238 cm³/mol. The second kappa shape index (κ2) is 17.8. The summed E-state index contributed by atoms with van der Waals surface area (Å²) in [5.74, 6) is -4.39. The fraction of sp³-hybridized carbons (Fsp3) is 0.408. The van der Waals surface area contributed by atoms with Gasteiger partial charge < -0.3 is 33.2 Å². The zero-order valence-electron chi connectivity index (χ0n) is 37.4. The van der Waals surface area contributed by atoms with E-state index in [9.17, 15) is 18.3 Å². The molecule has 0 fully saturated rings. The number of ether oxygens (including phenoxy) is 3. The number of hydrogen-bond acceptors (Lipinski definition) is 11. The molecule has 340 valence electrons. The first-order valence-electron chi connectivity index (χ1n) is 21.3. The van der Waals surface area contributed by atoms with Gasteiger partial charge in [-0.15, -0.1) is 26.3 Å². The van der Waals surface area contributed by atoms with Crippen molar-refractivity contribution in [2.24, 2.45) is 11.8 Å². The van der Waals surface area contributed by atoms with Crippen LogP contribution in [0.2, 0.25) is 18.1 Å². The Morgan fingerprint density at radius 2 is 1.53 bits per heavy atom. The Kier molecular flexibility index (Phi) is 13.0. The number of nitrogens with zero attached hydrogens (tertiary/aromatic N) is 3. The number of fused-ring (bicyclic) bond motifs is 4. The summed E-state index contributed by atoms with van der Waals surface area (Å²) in [7, 11) is 0.317. The summed E-state index contributed by atoms with van der Waals surface area (Å²) in [6.07, 6.45) is -1.90. The van der Waals surface area contributed by atoms with E-state index in [4.69, 9.17) is 23.2 Å². The minimum atomic E-state index is -5.11. The minimum Gasteiger partial charge on any atom is -0.508 e. The SMILES string of the molecule is C=CCN(CC=C)[C@@H]1c2onc(OCc3ccccc3)c2C(=O)C2(O[Si](C)(C)C(C)(C)C)C(O)=C3C(=O)c4c(OCc5ccccc5)cc(CN(C)C)c(OC(F)(F)F)c4C[C@H]3C[C@@H]12. The molecule has 4 aromatic rings. The molecule has 0 bridgehead atoms. The van der Waals surface area contributed by atoms with Crippen LogP contribution in [0.5, 0.6) is 17.4 Å². The van der Waals surface area contributed by atoms with Crippen LogP contribution in [0.1, 0.15) is 82.0 Å². The van der Waals surface area contributed by atoms with Gasteiger partial charge in [0.15, 0.2) is 25.5 Å². The quantitative estimate of drug-likeness (QED) is 0.0854. The number of hydrogen-bond donors (Lipinski definition) is 1. The predicted octanol–water partition coefficient (Wildman–Crippen LogP) is 10.4. The van der Waals surface area contributed by atoms with E-state index < -0.39 is 66.3 Å². The van der Waals surface area contributed by atoms with Crippen molar-refractivity contribution in [2.45, 2.75) is 89.5 Å². The molecule has 15 heteroatoms. The molecule has 7 rings (SSSR count). The van der Waals surface area contributed by atoms with Gasteiger partial charge in [-0.25, -0.2) is 0 Å². The number of ketones is 2. The number of allylic oxidation sites excluding steroid dienone is 1. The molecule has 1 heterocycles. The third-order valence-electron chi connectivity index (χ3n) is 12.8. The van der Waals surface area contributed by atoms with Crippen LogP contribution in [0.3, 0.4) is 0 Å². The van der Waals surface area contributed by atoms with Crippen molar-refractivity contribution in [3.05, 3.63) is 143 Å². The van der Waals surface area contributed by atoms with Gasteiger partial charge in [-0.3, -0.25) is 14.5 Å². The summed E-state index contributed by atoms with van der Waals surface area (Å²) in [6, 6.07) is 19.0. The van der Waals surface area contributed by atoms with Crippen LogP contribution in [0.4, 0.5) is 13.2 Å². The standard InChI is InChI=1S/C49H56F3N3O8Si/c1-10-22-55(23-11-2)40-35-25-32-24-34-38(36(59-28-30-18-14-12-15-19-30)26-33(27-54(6)7)42(34)61-49(50,51)52)41(56)37(32)44(57)48(35,63-64(8,9)47(3,4)5)45(58)39-43(40)62-53-46(39)60-29-31-20-16-13-17-21-31/h10-21,26,32,35,40,57H,1-2,22-25,27-29H2,3-9H3/t32-,35-,40-,48?/m0/s1. The van der Waals surface area contributed by atoms with E-state index in [1.165, 1.54) is 6.07 Å². The zero-order valence-corrected chi connectivity index (χ0v) is 38.4. The van der Waals surface area contributed by atoms with Crippen molar-refractivity contribution >= 4 is 19.9 Å². The third kappa shape index (κ3) is 8.70. The number of halogens is 3. The molecule has 3 aliphatic carbocycles. The van der Waals surface area contributed by atoms with Crippen LogP contribution in [0.25, 0.3) is 0 Å². The van der Waals surface area contributed by atoms with Crippen molar-refractivity contribution in [1.82, 2.24) is 15.0 Å². The van der Waals surface area contributed by atoms with E-state index in [2.05, 4.69) is 18.3 Å². The summed E-state index contributed by atoms with van der Waals surface area (Å²) in [4.78, 5) is 35.0. The van der Waals surface area contributed by atoms with Gasteiger partial charge in [0.2, 0.25) is 5.78 Å². The third-order valence-corrected chi connectivity index (χ3v) is 17.3. The van der Waals surface area contributed by atoms with E-state index in [1.807, 2.05) is 99.4 Å². The lowest BCUT2D eigenvalue weighted by atomic mass is 9.58. The van der Waals surface area contributed by atoms with Crippen molar-refractivity contribution in [3.8, 4) is 17.4 Å². The molecule has 3 aromatic carbocycles. The number of aliphatic hydroxyl groups excluding tert-OH is 1. The van der Waals surface area contributed by atoms with E-state index in [0.717, 1.165) is 11.1 Å². The van der Waals surface area contributed by atoms with Crippen LogP contribution < -0.4 is 14.2 Å². The molecule has 1 N–H and O–H groups in total. The van der Waals surface area contributed by atoms with Gasteiger partial charge in [0.25, 0.3) is 5.88 Å². The van der Waals surface area contributed by atoms with Crippen LogP contribution >= 0.6 is 0 Å². The van der Waals surface area contributed by atoms with Gasteiger partial charge in [-0.05, 0) is 73.3 Å². The monoisotopic (exact) mass is 899 g/mol. The lowest BCUT2D eigenvalue weighted by Gasteiger charge is -2.55. The summed E-state index contributed by atoms with van der Waals surface area (Å²) in [6.45, 7) is 18.5. The Bertz CT molecular complexity index is 2430. The number of benzene rings is 3. The molecule has 1 aromatic heterocycles. The highest BCUT2D eigenvalue weighted by molar-refractivity contribution is 6.74. The largest absolute Gasteiger partial charge is 0.573 e. The second-order valence-electron chi connectivity index (χ2n) is 18.5. The Morgan fingerprint density at radius 1 is 0.938 bits per heavy atom. The number of carbonyl (C=O) groups is 2. The number of aromatic nitrogens is 1. The smallest absolute Gasteiger partial charge is 0.508 e. The molecule has 64 heavy (non-hydrogen) atoms. The molecule has 0 saturated carbocycles. The van der Waals surface area contributed by atoms with Gasteiger partial charge >= 0.3 is 6.36 Å². The number of aliphatic hydroxyl groups is 1. The summed E-state index contributed by atoms with van der Waals surface area (Å²) < 4.78 is 74.1. The van der Waals surface area contributed by atoms with Crippen LogP contribution in [0.15, 0.2) is 108 Å². The number of rotatable bonds is 16. The topological polar surface area (TPSA) is 124 Å². The Balaban J connectivity index is 1.50. The first-order chi connectivity index (χ1) is 30.2. The average molecular weight is 900 g/mol. The minimum absolute atomic E-state index is 0.00427. The maximum absolute atomic E-state index is 15.9. The fourth-order valence-electron chi connectivity index (χ4n) is 9.06. The van der Waals surface area contributed by atoms with E-state index in [0.29, 0.717) is 0 Å². The first-order valence-corrected chi connectivity index (χ1v) is 24.2. The highest BCUT2D eigenvalue weighted by Crippen LogP contribution is 2.61. The average Bonchev–Trinajstić information content (AvgIpc) is 3.64. The lowest BCUT2D eigenvalue weighted by Crippen LogP contribution is -2.65. The second-order valence-corrected chi connectivity index (χ2v) is 23.2. The van der Waals surface area contributed by atoms with Crippen LogP contribution in [-0.4, -0.2) is 79.1 Å². The summed E-state index contributed by atoms with van der Waals surface area (Å²) >= 11 is 0. The Hall–Kier alpha value is -5.48. The van der Waals surface area contributed by atoms with Gasteiger partial charge in [0.1, 0.15) is 36.0 Å². The van der Waals surface area contributed by atoms with E-state index >= 15 is 9.59 Å². The van der Waals surface area contributed by atoms with Gasteiger partial charge in [0, 0.05) is 42.3 Å². The fourth-order valence-corrected chi connectivity index (χ4v) is 10.5. The summed E-state index contributed by atoms with van der Waals surface area (Å²) in [5, 5.41) is 17.0. The van der Waals surface area contributed by atoms with E-state index in [1.54, 1.807) is 31.1 Å². The summed E-state index contributed by atoms with van der Waals surface area (Å²) in [5.41, 5.74) is -0.853. The van der Waals surface area contributed by atoms with Crippen LogP contribution in [0, 0.1) is 11.8 Å². The maximum Gasteiger partial charge on any atom is 0.573 e. The van der Waals surface area contributed by atoms with Crippen LogP contribution in [-0.2, 0) is 30.6 Å². The molecule has 11 nitrogen and oxygen atoms in total. The van der Waals surface area contributed by atoms with Crippen molar-refractivity contribution < 1.29 is 51.0 Å². The van der Waals surface area contributed by atoms with Gasteiger partial charge in [0.05, 0.1) is 11.6 Å². The zero-order chi connectivity index (χ0) is 46.4. The Morgan fingerprint density at radius 3 is 2.08 bits per heavy atom. The van der Waals surface area contributed by atoms with Gasteiger partial charge in [-0.1, -0.05) is 93.6 Å². The molecular weight excluding hydrogens is 844 g/mol. The molecular formula is C49H56F3N3O8Si. The molecule has 0 spiro atoms. The maximum atomic E-state index is 15.9. The molecule has 3 aliphatic rings. The molecule has 0 saturated heterocycles. The number of alkyl halides is 3. The first kappa shape index (κ1) is 46.5. The molecule has 1 unspecified atom stereocenters. The molecule has 0 radical (unpaired) electrons. The highest BCUT2D eigenvalue weighted by atomic mass is 28.4. The van der Waals surface area contributed by atoms with Crippen molar-refractivity contribution in [1.29, 1.82) is 0 Å². The molecule has 4 atom stereocenters. The van der Waals surface area contributed by atoms with Crippen molar-refractivity contribution in [2.75, 3.05) is 27.2 Å². The molecule has 0 amide bonds.